The van der Waals surface area contributed by atoms with Gasteiger partial charge >= 0.3 is 6.03 Å². The molecule has 12 atom stereocenters. The van der Waals surface area contributed by atoms with Gasteiger partial charge in [-0.25, -0.2) is 4.79 Å². The summed E-state index contributed by atoms with van der Waals surface area (Å²) in [6.45, 7) is 10.2. The molecule has 6 fully saturated rings. The zero-order valence-electron chi connectivity index (χ0n) is 25.4. The lowest BCUT2D eigenvalue weighted by Crippen LogP contribution is -2.56. The lowest BCUT2D eigenvalue weighted by Gasteiger charge is -2.61. The standard InChI is InChI=1S/C34H58N2O3/c1-21(20-37)10-13-29-22(2)31-30(39-29)19-28-26-12-11-23-18-25(36-32(38)35-24-8-6-5-7-9-24)14-16-33(23,3)27(26)15-17-34(28,31)4/h21-31,37H,5-20H2,1-4H3,(H2,35,36,38)/t21-,22+,23+,25+,26+,27-,28-,29+,30-,31-,33-,34-/m0/s1. The first kappa shape index (κ1) is 28.3. The van der Waals surface area contributed by atoms with E-state index >= 15 is 0 Å². The van der Waals surface area contributed by atoms with Gasteiger partial charge in [0, 0.05) is 18.7 Å². The summed E-state index contributed by atoms with van der Waals surface area (Å²) in [6, 6.07) is 0.826. The second-order valence-electron chi connectivity index (χ2n) is 15.8. The highest BCUT2D eigenvalue weighted by Gasteiger charge is 2.65. The van der Waals surface area contributed by atoms with E-state index in [-0.39, 0.29) is 6.03 Å². The van der Waals surface area contributed by atoms with Gasteiger partial charge in [0.2, 0.25) is 0 Å². The summed E-state index contributed by atoms with van der Waals surface area (Å²) in [5.74, 6) is 5.02. The third kappa shape index (κ3) is 5.08. The first-order valence-electron chi connectivity index (χ1n) is 17.1. The maximum absolute atomic E-state index is 12.8. The van der Waals surface area contributed by atoms with Gasteiger partial charge in [-0.3, -0.25) is 0 Å². The van der Waals surface area contributed by atoms with Crippen molar-refractivity contribution in [2.45, 2.75) is 148 Å². The average molecular weight is 543 g/mol. The third-order valence-electron chi connectivity index (χ3n) is 13.8. The van der Waals surface area contributed by atoms with E-state index in [4.69, 9.17) is 4.74 Å². The molecular formula is C34H58N2O3. The van der Waals surface area contributed by atoms with Crippen molar-refractivity contribution in [3.8, 4) is 0 Å². The van der Waals surface area contributed by atoms with Crippen LogP contribution in [0.2, 0.25) is 0 Å². The number of amides is 2. The van der Waals surface area contributed by atoms with E-state index in [1.807, 2.05) is 0 Å². The highest BCUT2D eigenvalue weighted by Crippen LogP contribution is 2.70. The first-order chi connectivity index (χ1) is 18.7. The first-order valence-corrected chi connectivity index (χ1v) is 17.1. The summed E-state index contributed by atoms with van der Waals surface area (Å²) in [7, 11) is 0. The number of rotatable bonds is 6. The maximum Gasteiger partial charge on any atom is 0.315 e. The van der Waals surface area contributed by atoms with Gasteiger partial charge in [-0.1, -0.05) is 47.0 Å². The quantitative estimate of drug-likeness (QED) is 0.336. The Kier molecular flexibility index (Phi) is 8.07. The van der Waals surface area contributed by atoms with Crippen LogP contribution in [0, 0.1) is 52.3 Å². The van der Waals surface area contributed by atoms with E-state index < -0.39 is 0 Å². The molecule has 0 aromatic rings. The molecule has 1 saturated heterocycles. The van der Waals surface area contributed by atoms with E-state index in [1.54, 1.807) is 0 Å². The number of aliphatic hydroxyl groups excluding tert-OH is 1. The van der Waals surface area contributed by atoms with Gasteiger partial charge in [-0.15, -0.1) is 0 Å². The monoisotopic (exact) mass is 542 g/mol. The minimum atomic E-state index is 0.0911. The van der Waals surface area contributed by atoms with Gasteiger partial charge < -0.3 is 20.5 Å². The molecule has 0 aromatic heterocycles. The van der Waals surface area contributed by atoms with E-state index in [2.05, 4.69) is 38.3 Å². The molecule has 0 bridgehead atoms. The average Bonchev–Trinajstić information content (AvgIpc) is 3.40. The molecule has 5 heteroatoms. The Bertz CT molecular complexity index is 875. The summed E-state index contributed by atoms with van der Waals surface area (Å²) in [4.78, 5) is 12.8. The zero-order chi connectivity index (χ0) is 27.4. The SMILES string of the molecule is C[C@H](CO)CC[C@H]1O[C@H]2C[C@H]3[C@@H]4CC[C@@H]5C[C@H](NC(=O)NC6CCCCC6)CC[C@]5(C)[C@H]4CC[C@]3(C)[C@H]2[C@@H]1C. The van der Waals surface area contributed by atoms with Crippen LogP contribution >= 0.6 is 0 Å². The van der Waals surface area contributed by atoms with E-state index in [9.17, 15) is 9.90 Å². The van der Waals surface area contributed by atoms with Gasteiger partial charge in [-0.05, 0) is 129 Å². The van der Waals surface area contributed by atoms with Crippen molar-refractivity contribution in [3.63, 3.8) is 0 Å². The molecule has 6 rings (SSSR count). The molecule has 5 aliphatic carbocycles. The fraction of sp³-hybridized carbons (Fsp3) is 0.971. The fourth-order valence-corrected chi connectivity index (χ4v) is 11.6. The lowest BCUT2D eigenvalue weighted by atomic mass is 9.44. The summed E-state index contributed by atoms with van der Waals surface area (Å²) in [5.41, 5.74) is 0.872. The predicted octanol–water partition coefficient (Wildman–Crippen LogP) is 7.07. The molecule has 6 aliphatic rings. The van der Waals surface area contributed by atoms with Crippen molar-refractivity contribution in [2.24, 2.45) is 52.3 Å². The Morgan fingerprint density at radius 3 is 2.44 bits per heavy atom. The maximum atomic E-state index is 12.8. The van der Waals surface area contributed by atoms with E-state index in [0.29, 0.717) is 59.5 Å². The number of hydrogen-bond acceptors (Lipinski definition) is 3. The molecule has 5 nitrogen and oxygen atoms in total. The molecule has 0 radical (unpaired) electrons. The molecule has 1 aliphatic heterocycles. The Labute approximate surface area is 238 Å². The van der Waals surface area contributed by atoms with Crippen LogP contribution in [0.3, 0.4) is 0 Å². The number of fused-ring (bicyclic) bond motifs is 7. The van der Waals surface area contributed by atoms with E-state index in [1.165, 1.54) is 64.2 Å². The summed E-state index contributed by atoms with van der Waals surface area (Å²) in [5, 5.41) is 16.2. The highest BCUT2D eigenvalue weighted by molar-refractivity contribution is 5.74. The van der Waals surface area contributed by atoms with Crippen LogP contribution < -0.4 is 10.6 Å². The van der Waals surface area contributed by atoms with Crippen LogP contribution in [-0.4, -0.2) is 42.0 Å². The molecule has 0 spiro atoms. The third-order valence-corrected chi connectivity index (χ3v) is 13.8. The van der Waals surface area contributed by atoms with Crippen molar-refractivity contribution in [3.05, 3.63) is 0 Å². The molecule has 2 amide bonds. The van der Waals surface area contributed by atoms with Crippen LogP contribution in [0.5, 0.6) is 0 Å². The van der Waals surface area contributed by atoms with Crippen LogP contribution in [-0.2, 0) is 4.74 Å². The number of nitrogens with one attached hydrogen (secondary N) is 2. The Hall–Kier alpha value is -0.810. The second kappa shape index (κ2) is 11.1. The minimum Gasteiger partial charge on any atom is -0.396 e. The number of urea groups is 1. The molecule has 3 N–H and O–H groups in total. The molecule has 0 unspecified atom stereocenters. The highest BCUT2D eigenvalue weighted by atomic mass is 16.5. The van der Waals surface area contributed by atoms with Gasteiger partial charge in [0.25, 0.3) is 0 Å². The van der Waals surface area contributed by atoms with Gasteiger partial charge in [0.05, 0.1) is 12.2 Å². The van der Waals surface area contributed by atoms with Gasteiger partial charge in [0.1, 0.15) is 0 Å². The lowest BCUT2D eigenvalue weighted by molar-refractivity contribution is -0.118. The topological polar surface area (TPSA) is 70.6 Å². The minimum absolute atomic E-state index is 0.0911. The Morgan fingerprint density at radius 2 is 1.67 bits per heavy atom. The van der Waals surface area contributed by atoms with Crippen molar-refractivity contribution in [1.29, 1.82) is 0 Å². The smallest absolute Gasteiger partial charge is 0.315 e. The van der Waals surface area contributed by atoms with Crippen LogP contribution in [0.1, 0.15) is 124 Å². The van der Waals surface area contributed by atoms with Crippen molar-refractivity contribution in [2.75, 3.05) is 6.61 Å². The molecule has 1 heterocycles. The molecule has 39 heavy (non-hydrogen) atoms. The van der Waals surface area contributed by atoms with Crippen molar-refractivity contribution < 1.29 is 14.6 Å². The Morgan fingerprint density at radius 1 is 0.923 bits per heavy atom. The summed E-state index contributed by atoms with van der Waals surface area (Å²) >= 11 is 0. The largest absolute Gasteiger partial charge is 0.396 e. The van der Waals surface area contributed by atoms with Gasteiger partial charge in [-0.2, -0.15) is 0 Å². The number of carbonyl (C=O) groups excluding carboxylic acids is 1. The Balaban J connectivity index is 1.07. The fourth-order valence-electron chi connectivity index (χ4n) is 11.6. The van der Waals surface area contributed by atoms with Crippen LogP contribution in [0.15, 0.2) is 0 Å². The second-order valence-corrected chi connectivity index (χ2v) is 15.8. The summed E-state index contributed by atoms with van der Waals surface area (Å²) < 4.78 is 6.84. The number of aliphatic hydroxyl groups is 1. The molecule has 5 saturated carbocycles. The molecule has 222 valence electrons. The normalized spacial score (nSPS) is 48.4. The predicted molar refractivity (Wildman–Crippen MR) is 156 cm³/mol. The molecule has 0 aromatic carbocycles. The van der Waals surface area contributed by atoms with Crippen LogP contribution in [0.25, 0.3) is 0 Å². The van der Waals surface area contributed by atoms with Crippen molar-refractivity contribution in [1.82, 2.24) is 10.6 Å². The van der Waals surface area contributed by atoms with Crippen LogP contribution in [0.4, 0.5) is 4.79 Å². The number of hydrogen-bond donors (Lipinski definition) is 3. The van der Waals surface area contributed by atoms with E-state index in [0.717, 1.165) is 55.8 Å². The summed E-state index contributed by atoms with van der Waals surface area (Å²) in [6.07, 6.45) is 19.6. The number of ether oxygens (including phenoxy) is 1. The van der Waals surface area contributed by atoms with Gasteiger partial charge in [0.15, 0.2) is 0 Å². The number of carbonyl (C=O) groups is 1. The molecular weight excluding hydrogens is 484 g/mol. The zero-order valence-corrected chi connectivity index (χ0v) is 25.4. The van der Waals surface area contributed by atoms with Crippen molar-refractivity contribution >= 4 is 6.03 Å².